The number of sulfonamides is 1. The van der Waals surface area contributed by atoms with E-state index >= 15 is 0 Å². The molecule has 0 aliphatic carbocycles. The lowest BCUT2D eigenvalue weighted by atomic mass is 10.2. The molecule has 1 amide bonds. The van der Waals surface area contributed by atoms with E-state index in [9.17, 15) is 13.2 Å². The Bertz CT molecular complexity index is 666. The van der Waals surface area contributed by atoms with Gasteiger partial charge in [0, 0.05) is 32.4 Å². The van der Waals surface area contributed by atoms with E-state index in [1.165, 1.54) is 21.5 Å². The third-order valence-electron chi connectivity index (χ3n) is 3.51. The molecule has 1 N–H and O–H groups in total. The van der Waals surface area contributed by atoms with Gasteiger partial charge >= 0.3 is 6.09 Å². The van der Waals surface area contributed by atoms with Gasteiger partial charge in [-0.25, -0.2) is 18.2 Å². The minimum atomic E-state index is -3.60. The molecule has 1 aromatic heterocycles. The number of nitrogens with zero attached hydrogens (tertiary/aromatic N) is 3. The lowest BCUT2D eigenvalue weighted by molar-refractivity contribution is 0.155. The summed E-state index contributed by atoms with van der Waals surface area (Å²) in [5, 5.41) is 8.95. The lowest BCUT2D eigenvalue weighted by Crippen LogP contribution is -2.36. The fourth-order valence-corrected chi connectivity index (χ4v) is 3.84. The smallest absolute Gasteiger partial charge is 0.407 e. The maximum Gasteiger partial charge on any atom is 0.407 e. The predicted molar refractivity (Wildman–Crippen MR) is 69.6 cm³/mol. The van der Waals surface area contributed by atoms with Crippen molar-refractivity contribution in [1.82, 2.24) is 14.2 Å². The second-order valence-corrected chi connectivity index (χ2v) is 6.67. The fourth-order valence-electron chi connectivity index (χ4n) is 2.48. The van der Waals surface area contributed by atoms with Crippen LogP contribution in [0.5, 0.6) is 0 Å². The Morgan fingerprint density at radius 3 is 2.30 bits per heavy atom. The first-order valence-electron chi connectivity index (χ1n) is 6.07. The predicted octanol–water partition coefficient (Wildman–Crippen LogP) is 0.376. The molecule has 3 heterocycles. The van der Waals surface area contributed by atoms with Gasteiger partial charge in [-0.05, 0) is 23.3 Å². The number of carboxylic acid groups (broad SMARTS) is 1. The number of rotatable bonds is 2. The van der Waals surface area contributed by atoms with Crippen molar-refractivity contribution in [2.75, 3.05) is 26.2 Å². The van der Waals surface area contributed by atoms with Crippen molar-refractivity contribution in [2.45, 2.75) is 5.03 Å². The second-order valence-electron chi connectivity index (χ2n) is 4.79. The van der Waals surface area contributed by atoms with Crippen molar-refractivity contribution >= 4 is 16.1 Å². The quantitative estimate of drug-likeness (QED) is 0.796. The highest BCUT2D eigenvalue weighted by atomic mass is 32.2. The van der Waals surface area contributed by atoms with Crippen LogP contribution in [0.15, 0.2) is 40.6 Å². The van der Waals surface area contributed by atoms with Gasteiger partial charge in [0.2, 0.25) is 0 Å². The Kier molecular flexibility index (Phi) is 2.98. The van der Waals surface area contributed by atoms with Gasteiger partial charge in [0.05, 0.1) is 0 Å². The van der Waals surface area contributed by atoms with Crippen molar-refractivity contribution in [2.24, 2.45) is 0 Å². The van der Waals surface area contributed by atoms with Crippen LogP contribution in [-0.4, -0.2) is 60.0 Å². The van der Waals surface area contributed by atoms with Gasteiger partial charge in [-0.1, -0.05) is 6.07 Å². The van der Waals surface area contributed by atoms with Crippen molar-refractivity contribution in [1.29, 1.82) is 0 Å². The summed E-state index contributed by atoms with van der Waals surface area (Å²) in [6, 6.07) is 4.75. The molecular formula is C12H13N3O4S. The molecule has 20 heavy (non-hydrogen) atoms. The zero-order chi connectivity index (χ0) is 14.3. The highest BCUT2D eigenvalue weighted by Gasteiger charge is 2.37. The third-order valence-corrected chi connectivity index (χ3v) is 5.22. The Balaban J connectivity index is 1.77. The molecule has 0 aromatic carbocycles. The number of hydrogen-bond acceptors (Lipinski definition) is 4. The van der Waals surface area contributed by atoms with Crippen LogP contribution >= 0.6 is 0 Å². The Labute approximate surface area is 116 Å². The third kappa shape index (κ3) is 2.06. The molecule has 7 nitrogen and oxygen atoms in total. The lowest BCUT2D eigenvalue weighted by Gasteiger charge is -2.20. The van der Waals surface area contributed by atoms with Crippen LogP contribution in [0.1, 0.15) is 0 Å². The SMILES string of the molecule is O=C(O)N1CC2=C(C1)CN(S(=O)(=O)c1ccccn1)C2. The minimum absolute atomic E-state index is 0.0243. The van der Waals surface area contributed by atoms with Gasteiger partial charge in [-0.3, -0.25) is 0 Å². The van der Waals surface area contributed by atoms with E-state index in [0.717, 1.165) is 11.1 Å². The van der Waals surface area contributed by atoms with Crippen LogP contribution in [0.3, 0.4) is 0 Å². The summed E-state index contributed by atoms with van der Waals surface area (Å²) < 4.78 is 26.1. The molecule has 8 heteroatoms. The number of pyridine rings is 1. The average Bonchev–Trinajstić information content (AvgIpc) is 2.98. The molecule has 0 spiro atoms. The molecule has 2 aliphatic rings. The first-order valence-corrected chi connectivity index (χ1v) is 7.51. The normalized spacial score (nSPS) is 19.5. The maximum absolute atomic E-state index is 12.4. The molecular weight excluding hydrogens is 282 g/mol. The zero-order valence-corrected chi connectivity index (χ0v) is 11.4. The summed E-state index contributed by atoms with van der Waals surface area (Å²) in [5.74, 6) is 0. The second kappa shape index (κ2) is 4.57. The zero-order valence-electron chi connectivity index (χ0n) is 10.6. The molecule has 2 aliphatic heterocycles. The highest BCUT2D eigenvalue weighted by molar-refractivity contribution is 7.89. The molecule has 0 saturated heterocycles. The van der Waals surface area contributed by atoms with Crippen LogP contribution in [0.2, 0.25) is 0 Å². The molecule has 0 atom stereocenters. The van der Waals surface area contributed by atoms with Gasteiger partial charge in [0.25, 0.3) is 10.0 Å². The number of hydrogen-bond donors (Lipinski definition) is 1. The van der Waals surface area contributed by atoms with Crippen LogP contribution in [0.25, 0.3) is 0 Å². The number of carbonyl (C=O) groups is 1. The molecule has 1 aromatic rings. The van der Waals surface area contributed by atoms with Gasteiger partial charge in [0.15, 0.2) is 5.03 Å². The van der Waals surface area contributed by atoms with Crippen LogP contribution in [0.4, 0.5) is 4.79 Å². The summed E-state index contributed by atoms with van der Waals surface area (Å²) in [6.45, 7) is 1.08. The molecule has 106 valence electrons. The van der Waals surface area contributed by atoms with Gasteiger partial charge in [0.1, 0.15) is 0 Å². The molecule has 0 bridgehead atoms. The van der Waals surface area contributed by atoms with Crippen LogP contribution in [0, 0.1) is 0 Å². The molecule has 0 unspecified atom stereocenters. The minimum Gasteiger partial charge on any atom is -0.465 e. The monoisotopic (exact) mass is 295 g/mol. The van der Waals surface area contributed by atoms with Crippen LogP contribution in [-0.2, 0) is 10.0 Å². The van der Waals surface area contributed by atoms with Crippen molar-refractivity contribution < 1.29 is 18.3 Å². The summed E-state index contributed by atoms with van der Waals surface area (Å²) in [5.41, 5.74) is 1.76. The van der Waals surface area contributed by atoms with Crippen molar-refractivity contribution in [3.8, 4) is 0 Å². The summed E-state index contributed by atoms with van der Waals surface area (Å²) in [7, 11) is -3.60. The van der Waals surface area contributed by atoms with E-state index in [-0.39, 0.29) is 18.1 Å². The average molecular weight is 295 g/mol. The van der Waals surface area contributed by atoms with E-state index in [1.807, 2.05) is 0 Å². The van der Waals surface area contributed by atoms with E-state index in [4.69, 9.17) is 5.11 Å². The molecule has 0 saturated carbocycles. The van der Waals surface area contributed by atoms with Crippen molar-refractivity contribution in [3.05, 3.63) is 35.5 Å². The number of aromatic nitrogens is 1. The highest BCUT2D eigenvalue weighted by Crippen LogP contribution is 2.29. The largest absolute Gasteiger partial charge is 0.465 e. The summed E-state index contributed by atoms with van der Waals surface area (Å²) in [4.78, 5) is 16.1. The first-order chi connectivity index (χ1) is 9.48. The molecule has 0 fully saturated rings. The van der Waals surface area contributed by atoms with Gasteiger partial charge in [-0.2, -0.15) is 4.31 Å². The molecule has 3 rings (SSSR count). The van der Waals surface area contributed by atoms with E-state index < -0.39 is 16.1 Å². The topological polar surface area (TPSA) is 90.8 Å². The van der Waals surface area contributed by atoms with E-state index in [1.54, 1.807) is 12.1 Å². The summed E-state index contributed by atoms with van der Waals surface area (Å²) in [6.07, 6.45) is 0.467. The van der Waals surface area contributed by atoms with E-state index in [2.05, 4.69) is 4.98 Å². The standard InChI is InChI=1S/C12H13N3O4S/c16-12(17)14-5-9-7-15(8-10(9)6-14)20(18,19)11-3-1-2-4-13-11/h1-4H,5-8H2,(H,16,17). The summed E-state index contributed by atoms with van der Waals surface area (Å²) >= 11 is 0. The van der Waals surface area contributed by atoms with Crippen LogP contribution < -0.4 is 0 Å². The Morgan fingerprint density at radius 1 is 1.15 bits per heavy atom. The molecule has 0 radical (unpaired) electrons. The van der Waals surface area contributed by atoms with Gasteiger partial charge in [-0.15, -0.1) is 0 Å². The first kappa shape index (κ1) is 13.1. The Hall–Kier alpha value is -1.93. The maximum atomic E-state index is 12.4. The van der Waals surface area contributed by atoms with Crippen molar-refractivity contribution in [3.63, 3.8) is 0 Å². The fraction of sp³-hybridized carbons (Fsp3) is 0.333. The Morgan fingerprint density at radius 2 is 1.80 bits per heavy atom. The number of amides is 1. The van der Waals surface area contributed by atoms with E-state index in [0.29, 0.717) is 13.1 Å². The van der Waals surface area contributed by atoms with Gasteiger partial charge < -0.3 is 10.0 Å².